The Morgan fingerprint density at radius 1 is 0.339 bits per heavy atom. The average Bonchev–Trinajstić information content (AvgIpc) is 3.23. The summed E-state index contributed by atoms with van der Waals surface area (Å²) in [4.78, 5) is 37.8. The number of esters is 3. The minimum atomic E-state index is -0.776. The van der Waals surface area contributed by atoms with Gasteiger partial charge in [-0.1, -0.05) is 205 Å². The van der Waals surface area contributed by atoms with Crippen molar-refractivity contribution in [1.29, 1.82) is 0 Å². The summed E-state index contributed by atoms with van der Waals surface area (Å²) in [6.45, 7) is 6.59. The van der Waals surface area contributed by atoms with Crippen molar-refractivity contribution in [2.45, 2.75) is 271 Å². The Bertz CT molecular complexity index is 1000. The number of unbranched alkanes of at least 4 members (excludes halogenated alkanes) is 29. The highest BCUT2D eigenvalue weighted by Crippen LogP contribution is 2.15. The summed E-state index contributed by atoms with van der Waals surface area (Å²) in [6, 6.07) is 0. The molecule has 0 radical (unpaired) electrons. The Morgan fingerprint density at radius 2 is 0.610 bits per heavy atom. The van der Waals surface area contributed by atoms with Gasteiger partial charge in [0.1, 0.15) is 13.2 Å². The van der Waals surface area contributed by atoms with Crippen molar-refractivity contribution >= 4 is 17.9 Å². The molecule has 6 heteroatoms. The monoisotopic (exact) mass is 829 g/mol. The molecule has 0 aromatic carbocycles. The second-order valence-electron chi connectivity index (χ2n) is 17.1. The molecule has 0 bridgehead atoms. The van der Waals surface area contributed by atoms with Crippen LogP contribution in [0.4, 0.5) is 0 Å². The van der Waals surface area contributed by atoms with Gasteiger partial charge in [-0.15, -0.1) is 0 Å². The van der Waals surface area contributed by atoms with Crippen LogP contribution in [0.5, 0.6) is 0 Å². The highest BCUT2D eigenvalue weighted by Gasteiger charge is 2.19. The molecule has 0 saturated heterocycles. The van der Waals surface area contributed by atoms with E-state index >= 15 is 0 Å². The second-order valence-corrected chi connectivity index (χ2v) is 17.1. The summed E-state index contributed by atoms with van der Waals surface area (Å²) in [5.41, 5.74) is 0. The van der Waals surface area contributed by atoms with E-state index in [-0.39, 0.29) is 31.1 Å². The molecular weight excluding hydrogens is 733 g/mol. The molecule has 0 heterocycles. The lowest BCUT2D eigenvalue weighted by atomic mass is 10.1. The van der Waals surface area contributed by atoms with Gasteiger partial charge in [-0.05, 0) is 77.0 Å². The molecule has 344 valence electrons. The van der Waals surface area contributed by atoms with Crippen LogP contribution >= 0.6 is 0 Å². The van der Waals surface area contributed by atoms with Crippen molar-refractivity contribution in [3.05, 3.63) is 36.5 Å². The van der Waals surface area contributed by atoms with Gasteiger partial charge in [0.25, 0.3) is 0 Å². The molecule has 59 heavy (non-hydrogen) atoms. The largest absolute Gasteiger partial charge is 0.462 e. The third-order valence-electron chi connectivity index (χ3n) is 11.1. The summed E-state index contributed by atoms with van der Waals surface area (Å²) in [7, 11) is 0. The van der Waals surface area contributed by atoms with Crippen LogP contribution in [0, 0.1) is 0 Å². The molecule has 0 aromatic rings. The number of hydrogen-bond acceptors (Lipinski definition) is 6. The van der Waals surface area contributed by atoms with E-state index in [2.05, 4.69) is 57.2 Å². The topological polar surface area (TPSA) is 78.9 Å². The smallest absolute Gasteiger partial charge is 0.306 e. The van der Waals surface area contributed by atoms with Crippen molar-refractivity contribution in [3.8, 4) is 0 Å². The van der Waals surface area contributed by atoms with Gasteiger partial charge < -0.3 is 14.2 Å². The van der Waals surface area contributed by atoms with Crippen molar-refractivity contribution in [3.63, 3.8) is 0 Å². The lowest BCUT2D eigenvalue weighted by Gasteiger charge is -2.18. The van der Waals surface area contributed by atoms with Gasteiger partial charge in [0.05, 0.1) is 0 Å². The number of carbonyl (C=O) groups is 3. The van der Waals surface area contributed by atoms with Gasteiger partial charge in [-0.3, -0.25) is 14.4 Å². The fraction of sp³-hybridized carbons (Fsp3) is 0.830. The second kappa shape index (κ2) is 48.3. The first-order chi connectivity index (χ1) is 29.0. The molecule has 0 aliphatic heterocycles. The SMILES string of the molecule is CCCCC/C=C\C/C=C\CCCCCCCC(=O)OC(COC(=O)CCCCCCCCC/C=C\CCCCCCCC)COC(=O)CCCCCCCCCCC. The molecule has 0 aliphatic rings. The van der Waals surface area contributed by atoms with E-state index in [9.17, 15) is 14.4 Å². The molecule has 0 rings (SSSR count). The number of carbonyl (C=O) groups excluding carboxylic acids is 3. The van der Waals surface area contributed by atoms with Crippen LogP contribution in [0.25, 0.3) is 0 Å². The Hall–Kier alpha value is -2.37. The lowest BCUT2D eigenvalue weighted by molar-refractivity contribution is -0.167. The fourth-order valence-corrected chi connectivity index (χ4v) is 7.23. The lowest BCUT2D eigenvalue weighted by Crippen LogP contribution is -2.30. The van der Waals surface area contributed by atoms with Crippen LogP contribution < -0.4 is 0 Å². The predicted molar refractivity (Wildman–Crippen MR) is 252 cm³/mol. The Kier molecular flexibility index (Phi) is 46.4. The number of rotatable bonds is 46. The summed E-state index contributed by atoms with van der Waals surface area (Å²) in [5.74, 6) is -0.890. The molecule has 1 unspecified atom stereocenters. The van der Waals surface area contributed by atoms with Gasteiger partial charge in [-0.2, -0.15) is 0 Å². The van der Waals surface area contributed by atoms with Crippen molar-refractivity contribution < 1.29 is 28.6 Å². The maximum atomic E-state index is 12.8. The quantitative estimate of drug-likeness (QED) is 0.0263. The van der Waals surface area contributed by atoms with E-state index in [4.69, 9.17) is 14.2 Å². The third kappa shape index (κ3) is 46.5. The molecule has 6 nitrogen and oxygen atoms in total. The molecule has 1 atom stereocenters. The van der Waals surface area contributed by atoms with Crippen molar-refractivity contribution in [2.75, 3.05) is 13.2 Å². The number of ether oxygens (including phenoxy) is 3. The normalized spacial score (nSPS) is 12.3. The fourth-order valence-electron chi connectivity index (χ4n) is 7.23. The molecule has 0 aromatic heterocycles. The zero-order chi connectivity index (χ0) is 43.0. The van der Waals surface area contributed by atoms with Gasteiger partial charge in [0.15, 0.2) is 6.10 Å². The van der Waals surface area contributed by atoms with Crippen LogP contribution in [-0.2, 0) is 28.6 Å². The van der Waals surface area contributed by atoms with Crippen LogP contribution in [-0.4, -0.2) is 37.2 Å². The Labute approximate surface area is 365 Å². The van der Waals surface area contributed by atoms with Crippen LogP contribution in [0.3, 0.4) is 0 Å². The van der Waals surface area contributed by atoms with Crippen molar-refractivity contribution in [1.82, 2.24) is 0 Å². The minimum Gasteiger partial charge on any atom is -0.462 e. The molecule has 0 spiro atoms. The standard InChI is InChI=1S/C53H96O6/c1-4-7-10-13-16-19-21-23-25-26-28-29-31-34-37-40-43-46-52(55)58-49-50(48-57-51(54)45-42-39-36-33-18-15-12-9-6-3)59-53(56)47-44-41-38-35-32-30-27-24-22-20-17-14-11-8-5-2/h17,20,23-25,27,50H,4-16,18-19,21-22,26,28-49H2,1-3H3/b20-17-,25-23-,27-24-. The third-order valence-corrected chi connectivity index (χ3v) is 11.1. The van der Waals surface area contributed by atoms with Crippen molar-refractivity contribution in [2.24, 2.45) is 0 Å². The summed E-state index contributed by atoms with van der Waals surface area (Å²) >= 11 is 0. The highest BCUT2D eigenvalue weighted by atomic mass is 16.6. The molecular formula is C53H96O6. The predicted octanol–water partition coefficient (Wildman–Crippen LogP) is 16.5. The number of hydrogen-bond donors (Lipinski definition) is 0. The van der Waals surface area contributed by atoms with Gasteiger partial charge in [0.2, 0.25) is 0 Å². The minimum absolute atomic E-state index is 0.0770. The zero-order valence-corrected chi connectivity index (χ0v) is 39.3. The Balaban J connectivity index is 4.33. The zero-order valence-electron chi connectivity index (χ0n) is 39.3. The van der Waals surface area contributed by atoms with E-state index in [0.717, 1.165) is 83.5 Å². The van der Waals surface area contributed by atoms with E-state index in [0.29, 0.717) is 19.3 Å². The maximum absolute atomic E-state index is 12.8. The van der Waals surface area contributed by atoms with E-state index in [1.54, 1.807) is 0 Å². The molecule has 0 N–H and O–H groups in total. The molecule has 0 aliphatic carbocycles. The molecule has 0 amide bonds. The van der Waals surface area contributed by atoms with E-state index in [1.807, 2.05) is 0 Å². The first-order valence-electron chi connectivity index (χ1n) is 25.5. The first kappa shape index (κ1) is 56.6. The Morgan fingerprint density at radius 3 is 0.983 bits per heavy atom. The van der Waals surface area contributed by atoms with Gasteiger partial charge >= 0.3 is 17.9 Å². The highest BCUT2D eigenvalue weighted by molar-refractivity contribution is 5.71. The molecule has 0 saturated carbocycles. The summed E-state index contributed by atoms with van der Waals surface area (Å²) < 4.78 is 16.7. The van der Waals surface area contributed by atoms with E-state index in [1.165, 1.54) is 141 Å². The number of allylic oxidation sites excluding steroid dienone is 6. The van der Waals surface area contributed by atoms with Crippen LogP contribution in [0.1, 0.15) is 265 Å². The average molecular weight is 829 g/mol. The van der Waals surface area contributed by atoms with Crippen LogP contribution in [0.15, 0.2) is 36.5 Å². The summed E-state index contributed by atoms with van der Waals surface area (Å²) in [5, 5.41) is 0. The van der Waals surface area contributed by atoms with Gasteiger partial charge in [-0.25, -0.2) is 0 Å². The van der Waals surface area contributed by atoms with Crippen LogP contribution in [0.2, 0.25) is 0 Å². The van der Waals surface area contributed by atoms with Gasteiger partial charge in [0, 0.05) is 19.3 Å². The first-order valence-corrected chi connectivity index (χ1v) is 25.5. The maximum Gasteiger partial charge on any atom is 0.306 e. The summed E-state index contributed by atoms with van der Waals surface area (Å²) in [6.07, 6.45) is 55.5. The van der Waals surface area contributed by atoms with E-state index < -0.39 is 6.10 Å². The molecule has 0 fully saturated rings.